The molecule has 0 radical (unpaired) electrons. The summed E-state index contributed by atoms with van der Waals surface area (Å²) in [6, 6.07) is 3.27. The van der Waals surface area contributed by atoms with Crippen molar-refractivity contribution in [2.24, 2.45) is 5.92 Å². The highest BCUT2D eigenvalue weighted by Gasteiger charge is 2.17. The van der Waals surface area contributed by atoms with Crippen LogP contribution in [0.15, 0.2) is 18.2 Å². The van der Waals surface area contributed by atoms with Crippen LogP contribution in [0.4, 0.5) is 0 Å². The lowest BCUT2D eigenvalue weighted by Gasteiger charge is -2.19. The highest BCUT2D eigenvalue weighted by Crippen LogP contribution is 2.36. The van der Waals surface area contributed by atoms with Crippen molar-refractivity contribution in [1.29, 1.82) is 0 Å². The van der Waals surface area contributed by atoms with Gasteiger partial charge in [-0.05, 0) is 30.0 Å². The van der Waals surface area contributed by atoms with E-state index in [0.717, 1.165) is 42.9 Å². The van der Waals surface area contributed by atoms with Crippen molar-refractivity contribution in [1.82, 2.24) is 0 Å². The SMILES string of the molecule is CCCCC(CC)Cc1c(C=CC(=O)O)ccc(O)c1OC. The molecule has 0 heterocycles. The van der Waals surface area contributed by atoms with E-state index in [1.54, 1.807) is 12.1 Å². The summed E-state index contributed by atoms with van der Waals surface area (Å²) in [4.78, 5) is 10.8. The summed E-state index contributed by atoms with van der Waals surface area (Å²) in [5.74, 6) is 0.0430. The van der Waals surface area contributed by atoms with Gasteiger partial charge in [0.25, 0.3) is 0 Å². The lowest BCUT2D eigenvalue weighted by Crippen LogP contribution is -2.07. The highest BCUT2D eigenvalue weighted by molar-refractivity contribution is 5.86. The van der Waals surface area contributed by atoms with E-state index in [2.05, 4.69) is 13.8 Å². The number of rotatable bonds is 9. The molecule has 1 rings (SSSR count). The Labute approximate surface area is 132 Å². The van der Waals surface area contributed by atoms with Gasteiger partial charge in [0.05, 0.1) is 7.11 Å². The topological polar surface area (TPSA) is 66.8 Å². The first-order chi connectivity index (χ1) is 10.5. The third kappa shape index (κ3) is 5.10. The summed E-state index contributed by atoms with van der Waals surface area (Å²) in [7, 11) is 1.52. The van der Waals surface area contributed by atoms with Crippen molar-refractivity contribution in [3.8, 4) is 11.5 Å². The van der Waals surface area contributed by atoms with Crippen LogP contribution in [0.3, 0.4) is 0 Å². The number of hydrogen-bond acceptors (Lipinski definition) is 3. The Morgan fingerprint density at radius 2 is 2.09 bits per heavy atom. The molecule has 1 aromatic rings. The summed E-state index contributed by atoms with van der Waals surface area (Å²) in [6.45, 7) is 4.32. The number of carbonyl (C=O) groups is 1. The number of hydrogen-bond donors (Lipinski definition) is 2. The minimum absolute atomic E-state index is 0.0929. The van der Waals surface area contributed by atoms with E-state index in [9.17, 15) is 9.90 Å². The van der Waals surface area contributed by atoms with Crippen molar-refractivity contribution < 1.29 is 19.7 Å². The van der Waals surface area contributed by atoms with Gasteiger partial charge in [-0.1, -0.05) is 45.6 Å². The molecule has 0 aliphatic carbocycles. The Morgan fingerprint density at radius 3 is 2.64 bits per heavy atom. The first kappa shape index (κ1) is 18.1. The van der Waals surface area contributed by atoms with Gasteiger partial charge in [0.2, 0.25) is 0 Å². The normalized spacial score (nSPS) is 12.5. The van der Waals surface area contributed by atoms with Gasteiger partial charge in [-0.3, -0.25) is 0 Å². The van der Waals surface area contributed by atoms with Crippen LogP contribution in [0, 0.1) is 5.92 Å². The predicted molar refractivity (Wildman–Crippen MR) is 88.3 cm³/mol. The van der Waals surface area contributed by atoms with Crippen molar-refractivity contribution in [2.45, 2.75) is 46.0 Å². The number of phenols is 1. The summed E-state index contributed by atoms with van der Waals surface area (Å²) in [5, 5.41) is 18.8. The summed E-state index contributed by atoms with van der Waals surface area (Å²) >= 11 is 0. The molecule has 0 saturated heterocycles. The first-order valence-electron chi connectivity index (χ1n) is 7.83. The molecule has 1 aromatic carbocycles. The molecule has 0 amide bonds. The van der Waals surface area contributed by atoms with Gasteiger partial charge in [-0.2, -0.15) is 0 Å². The molecule has 0 aliphatic heterocycles. The maximum absolute atomic E-state index is 10.8. The van der Waals surface area contributed by atoms with E-state index in [1.165, 1.54) is 19.6 Å². The van der Waals surface area contributed by atoms with Gasteiger partial charge in [-0.15, -0.1) is 0 Å². The van der Waals surface area contributed by atoms with E-state index >= 15 is 0 Å². The largest absolute Gasteiger partial charge is 0.504 e. The maximum Gasteiger partial charge on any atom is 0.328 e. The van der Waals surface area contributed by atoms with Crippen LogP contribution in [0.2, 0.25) is 0 Å². The fraction of sp³-hybridized carbons (Fsp3) is 0.500. The first-order valence-corrected chi connectivity index (χ1v) is 7.83. The second-order valence-corrected chi connectivity index (χ2v) is 5.48. The zero-order valence-corrected chi connectivity index (χ0v) is 13.6. The van der Waals surface area contributed by atoms with Gasteiger partial charge in [0, 0.05) is 11.6 Å². The molecule has 4 nitrogen and oxygen atoms in total. The number of carboxylic acids is 1. The predicted octanol–water partition coefficient (Wildman–Crippen LogP) is 4.26. The average Bonchev–Trinajstić information content (AvgIpc) is 2.50. The van der Waals surface area contributed by atoms with Crippen LogP contribution in [0.1, 0.15) is 50.7 Å². The van der Waals surface area contributed by atoms with Crippen molar-refractivity contribution in [3.05, 3.63) is 29.3 Å². The summed E-state index contributed by atoms with van der Waals surface area (Å²) < 4.78 is 5.34. The molecule has 1 unspecified atom stereocenters. The molecular weight excluding hydrogens is 280 g/mol. The Balaban J connectivity index is 3.16. The van der Waals surface area contributed by atoms with Gasteiger partial charge < -0.3 is 14.9 Å². The fourth-order valence-corrected chi connectivity index (χ4v) is 2.62. The zero-order valence-electron chi connectivity index (χ0n) is 13.6. The monoisotopic (exact) mass is 306 g/mol. The highest BCUT2D eigenvalue weighted by atomic mass is 16.5. The molecule has 2 N–H and O–H groups in total. The van der Waals surface area contributed by atoms with Crippen LogP contribution < -0.4 is 4.74 Å². The Hall–Kier alpha value is -1.97. The Bertz CT molecular complexity index is 520. The van der Waals surface area contributed by atoms with Crippen LogP contribution in [-0.4, -0.2) is 23.3 Å². The van der Waals surface area contributed by atoms with E-state index in [-0.39, 0.29) is 5.75 Å². The number of benzene rings is 1. The van der Waals surface area contributed by atoms with Gasteiger partial charge >= 0.3 is 5.97 Å². The molecule has 4 heteroatoms. The van der Waals surface area contributed by atoms with Gasteiger partial charge in [0.1, 0.15) is 0 Å². The van der Waals surface area contributed by atoms with Crippen molar-refractivity contribution in [3.63, 3.8) is 0 Å². The zero-order chi connectivity index (χ0) is 16.5. The summed E-state index contributed by atoms with van der Waals surface area (Å²) in [6.07, 6.45) is 7.93. The van der Waals surface area contributed by atoms with Gasteiger partial charge in [-0.25, -0.2) is 4.79 Å². The van der Waals surface area contributed by atoms with Crippen LogP contribution in [0.5, 0.6) is 11.5 Å². The number of aromatic hydroxyl groups is 1. The van der Waals surface area contributed by atoms with Gasteiger partial charge in [0.15, 0.2) is 11.5 Å². The smallest absolute Gasteiger partial charge is 0.328 e. The second-order valence-electron chi connectivity index (χ2n) is 5.48. The fourth-order valence-electron chi connectivity index (χ4n) is 2.62. The number of aliphatic carboxylic acids is 1. The standard InChI is InChI=1S/C18H26O4/c1-4-6-7-13(5-2)12-15-14(9-11-17(20)21)8-10-16(19)18(15)22-3/h8-11,13,19H,4-7,12H2,1-3H3,(H,20,21). The molecule has 1 atom stereocenters. The third-order valence-electron chi connectivity index (χ3n) is 3.92. The molecule has 0 bridgehead atoms. The van der Waals surface area contributed by atoms with E-state index < -0.39 is 5.97 Å². The number of unbranched alkanes of at least 4 members (excludes halogenated alkanes) is 1. The maximum atomic E-state index is 10.8. The lowest BCUT2D eigenvalue weighted by atomic mass is 9.89. The minimum atomic E-state index is -0.990. The molecule has 122 valence electrons. The quantitative estimate of drug-likeness (QED) is 0.669. The number of phenolic OH excluding ortho intramolecular Hbond substituents is 1. The van der Waals surface area contributed by atoms with E-state index in [0.29, 0.717) is 11.7 Å². The van der Waals surface area contributed by atoms with E-state index in [1.807, 2.05) is 0 Å². The van der Waals surface area contributed by atoms with E-state index in [4.69, 9.17) is 9.84 Å². The minimum Gasteiger partial charge on any atom is -0.504 e. The van der Waals surface area contributed by atoms with Crippen LogP contribution in [-0.2, 0) is 11.2 Å². The summed E-state index contributed by atoms with van der Waals surface area (Å²) in [5.41, 5.74) is 1.66. The molecular formula is C18H26O4. The Kier molecular flexibility index (Phi) is 7.50. The molecule has 0 aromatic heterocycles. The second kappa shape index (κ2) is 9.13. The number of methoxy groups -OCH3 is 1. The van der Waals surface area contributed by atoms with Crippen molar-refractivity contribution in [2.75, 3.05) is 7.11 Å². The molecule has 0 saturated carbocycles. The molecule has 0 fully saturated rings. The lowest BCUT2D eigenvalue weighted by molar-refractivity contribution is -0.131. The molecule has 0 spiro atoms. The third-order valence-corrected chi connectivity index (χ3v) is 3.92. The number of ether oxygens (including phenoxy) is 1. The Morgan fingerprint density at radius 1 is 1.36 bits per heavy atom. The van der Waals surface area contributed by atoms with Crippen LogP contribution >= 0.6 is 0 Å². The molecule has 0 aliphatic rings. The van der Waals surface area contributed by atoms with Crippen molar-refractivity contribution >= 4 is 12.0 Å². The van der Waals surface area contributed by atoms with Crippen LogP contribution in [0.25, 0.3) is 6.08 Å². The average molecular weight is 306 g/mol. The molecule has 22 heavy (non-hydrogen) atoms. The number of carboxylic acid groups (broad SMARTS) is 1.